The van der Waals surface area contributed by atoms with E-state index in [2.05, 4.69) is 59.3 Å². The molecule has 4 nitrogen and oxygen atoms in total. The Hall–Kier alpha value is -2.56. The van der Waals surface area contributed by atoms with E-state index in [0.717, 1.165) is 50.2 Å². The maximum Gasteiger partial charge on any atom is 0.0622 e. The predicted molar refractivity (Wildman–Crippen MR) is 118 cm³/mol. The van der Waals surface area contributed by atoms with E-state index < -0.39 is 0 Å². The van der Waals surface area contributed by atoms with Crippen LogP contribution in [-0.4, -0.2) is 27.0 Å². The molecule has 4 rings (SSSR count). The second-order valence-electron chi connectivity index (χ2n) is 8.10. The summed E-state index contributed by atoms with van der Waals surface area (Å²) in [5.41, 5.74) is 12.1. The van der Waals surface area contributed by atoms with Crippen LogP contribution < -0.4 is 5.73 Å². The second kappa shape index (κ2) is 9.29. The fraction of sp³-hybridized carbons (Fsp3) is 0.360. The normalized spacial score (nSPS) is 19.4. The molecule has 0 unspecified atom stereocenters. The van der Waals surface area contributed by atoms with Crippen LogP contribution in [0.2, 0.25) is 0 Å². The molecule has 29 heavy (non-hydrogen) atoms. The first-order valence-corrected chi connectivity index (χ1v) is 10.6. The van der Waals surface area contributed by atoms with Gasteiger partial charge in [-0.2, -0.15) is 0 Å². The zero-order valence-electron chi connectivity index (χ0n) is 17.2. The Balaban J connectivity index is 1.63. The number of hydrogen-bond acceptors (Lipinski definition) is 4. The van der Waals surface area contributed by atoms with Crippen molar-refractivity contribution in [2.24, 2.45) is 5.73 Å². The van der Waals surface area contributed by atoms with Gasteiger partial charge in [-0.05, 0) is 55.9 Å². The lowest BCUT2D eigenvalue weighted by Gasteiger charge is -2.36. The maximum absolute atomic E-state index is 6.18. The molecule has 2 N–H and O–H groups in total. The molecule has 1 aromatic carbocycles. The van der Waals surface area contributed by atoms with Crippen LogP contribution in [-0.2, 0) is 13.1 Å². The van der Waals surface area contributed by atoms with Gasteiger partial charge in [-0.25, -0.2) is 0 Å². The Bertz CT molecular complexity index is 917. The van der Waals surface area contributed by atoms with Crippen molar-refractivity contribution in [2.75, 3.05) is 0 Å². The van der Waals surface area contributed by atoms with Gasteiger partial charge >= 0.3 is 0 Å². The molecule has 0 atom stereocenters. The lowest BCUT2D eigenvalue weighted by atomic mass is 9.90. The van der Waals surface area contributed by atoms with Crippen LogP contribution in [0.15, 0.2) is 67.0 Å². The van der Waals surface area contributed by atoms with Crippen molar-refractivity contribution in [2.45, 2.75) is 57.8 Å². The van der Waals surface area contributed by atoms with Gasteiger partial charge in [0.2, 0.25) is 0 Å². The van der Waals surface area contributed by atoms with Gasteiger partial charge in [-0.15, -0.1) is 0 Å². The summed E-state index contributed by atoms with van der Waals surface area (Å²) in [7, 11) is 0. The van der Waals surface area contributed by atoms with Gasteiger partial charge in [0, 0.05) is 43.1 Å². The highest BCUT2D eigenvalue weighted by Crippen LogP contribution is 2.28. The molecular weight excluding hydrogens is 356 g/mol. The van der Waals surface area contributed by atoms with Crippen molar-refractivity contribution in [3.05, 3.63) is 83.9 Å². The van der Waals surface area contributed by atoms with Crippen LogP contribution >= 0.6 is 0 Å². The number of aryl methyl sites for hydroxylation is 1. The van der Waals surface area contributed by atoms with Crippen molar-refractivity contribution >= 4 is 0 Å². The molecule has 3 aromatic rings. The molecule has 0 saturated heterocycles. The molecule has 1 aliphatic carbocycles. The van der Waals surface area contributed by atoms with E-state index in [1.165, 1.54) is 16.7 Å². The fourth-order valence-corrected chi connectivity index (χ4v) is 4.29. The molecule has 0 amide bonds. The van der Waals surface area contributed by atoms with Crippen molar-refractivity contribution in [3.8, 4) is 11.1 Å². The van der Waals surface area contributed by atoms with Gasteiger partial charge in [0.25, 0.3) is 0 Å². The van der Waals surface area contributed by atoms with Gasteiger partial charge in [-0.1, -0.05) is 42.5 Å². The van der Waals surface area contributed by atoms with E-state index in [9.17, 15) is 0 Å². The Kier molecular flexibility index (Phi) is 6.33. The number of pyridine rings is 2. The lowest BCUT2D eigenvalue weighted by molar-refractivity contribution is 0.131. The number of hydrogen-bond donors (Lipinski definition) is 1. The van der Waals surface area contributed by atoms with Gasteiger partial charge in [0.1, 0.15) is 0 Å². The monoisotopic (exact) mass is 386 g/mol. The number of aromatic nitrogens is 2. The van der Waals surface area contributed by atoms with E-state index in [1.54, 1.807) is 0 Å². The molecular formula is C25H30N4. The summed E-state index contributed by atoms with van der Waals surface area (Å²) in [6, 6.07) is 19.8. The first-order valence-electron chi connectivity index (χ1n) is 10.6. The van der Waals surface area contributed by atoms with Crippen molar-refractivity contribution in [1.82, 2.24) is 14.9 Å². The van der Waals surface area contributed by atoms with Crippen molar-refractivity contribution in [1.29, 1.82) is 0 Å². The second-order valence-corrected chi connectivity index (χ2v) is 8.10. The first-order chi connectivity index (χ1) is 14.2. The summed E-state index contributed by atoms with van der Waals surface area (Å²) in [6.07, 6.45) is 8.27. The molecule has 1 aliphatic rings. The first kappa shape index (κ1) is 19.7. The molecule has 0 bridgehead atoms. The summed E-state index contributed by atoms with van der Waals surface area (Å²) in [6.45, 7) is 3.81. The van der Waals surface area contributed by atoms with E-state index in [0.29, 0.717) is 12.1 Å². The Morgan fingerprint density at radius 1 is 0.828 bits per heavy atom. The van der Waals surface area contributed by atoms with Crippen LogP contribution in [0.4, 0.5) is 0 Å². The van der Waals surface area contributed by atoms with Crippen LogP contribution in [0.25, 0.3) is 11.1 Å². The third kappa shape index (κ3) is 4.89. The molecule has 4 heteroatoms. The van der Waals surface area contributed by atoms with Crippen LogP contribution in [0.3, 0.4) is 0 Å². The highest BCUT2D eigenvalue weighted by molar-refractivity contribution is 5.65. The maximum atomic E-state index is 6.18. The van der Waals surface area contributed by atoms with E-state index in [-0.39, 0.29) is 0 Å². The highest BCUT2D eigenvalue weighted by atomic mass is 15.2. The van der Waals surface area contributed by atoms with E-state index >= 15 is 0 Å². The molecule has 0 spiro atoms. The van der Waals surface area contributed by atoms with E-state index in [4.69, 9.17) is 10.7 Å². The van der Waals surface area contributed by atoms with E-state index in [1.807, 2.05) is 24.5 Å². The topological polar surface area (TPSA) is 55.0 Å². The molecule has 1 saturated carbocycles. The third-order valence-corrected chi connectivity index (χ3v) is 6.06. The Morgan fingerprint density at radius 2 is 1.48 bits per heavy atom. The number of rotatable bonds is 6. The summed E-state index contributed by atoms with van der Waals surface area (Å²) in [5, 5.41) is 0. The minimum Gasteiger partial charge on any atom is -0.328 e. The minimum absolute atomic E-state index is 0.347. The van der Waals surface area contributed by atoms with Crippen LogP contribution in [0, 0.1) is 6.92 Å². The summed E-state index contributed by atoms with van der Waals surface area (Å²) < 4.78 is 0. The summed E-state index contributed by atoms with van der Waals surface area (Å²) >= 11 is 0. The van der Waals surface area contributed by atoms with Crippen LogP contribution in [0.1, 0.15) is 42.6 Å². The molecule has 2 aromatic heterocycles. The average molecular weight is 387 g/mol. The minimum atomic E-state index is 0.347. The molecule has 0 aliphatic heterocycles. The SMILES string of the molecule is Cc1cccnc1CN(Cc1ncccc1-c1ccccc1)[C@H]1CC[C@H](N)CC1. The number of nitrogens with zero attached hydrogens (tertiary/aromatic N) is 3. The van der Waals surface area contributed by atoms with Crippen molar-refractivity contribution in [3.63, 3.8) is 0 Å². The quantitative estimate of drug-likeness (QED) is 0.666. The average Bonchev–Trinajstić information content (AvgIpc) is 2.76. The van der Waals surface area contributed by atoms with Crippen molar-refractivity contribution < 1.29 is 0 Å². The van der Waals surface area contributed by atoms with Crippen LogP contribution in [0.5, 0.6) is 0 Å². The standard InChI is InChI=1S/C25H30N4/c1-19-7-5-15-27-24(19)17-29(22-13-11-21(26)12-14-22)18-25-23(10-6-16-28-25)20-8-3-2-4-9-20/h2-10,15-16,21-22H,11-14,17-18,26H2,1H3/t21-,22-. The Morgan fingerprint density at radius 3 is 2.21 bits per heavy atom. The molecule has 1 fully saturated rings. The van der Waals surface area contributed by atoms with Gasteiger partial charge in [-0.3, -0.25) is 14.9 Å². The number of nitrogens with two attached hydrogens (primary N) is 1. The zero-order valence-corrected chi connectivity index (χ0v) is 17.2. The summed E-state index contributed by atoms with van der Waals surface area (Å²) in [5.74, 6) is 0. The molecule has 2 heterocycles. The summed E-state index contributed by atoms with van der Waals surface area (Å²) in [4.78, 5) is 12.0. The third-order valence-electron chi connectivity index (χ3n) is 6.06. The van der Waals surface area contributed by atoms with Gasteiger partial charge < -0.3 is 5.73 Å². The fourth-order valence-electron chi connectivity index (χ4n) is 4.29. The molecule has 150 valence electrons. The number of benzene rings is 1. The lowest BCUT2D eigenvalue weighted by Crippen LogP contribution is -2.40. The van der Waals surface area contributed by atoms with Gasteiger partial charge in [0.15, 0.2) is 0 Å². The Labute approximate surface area is 173 Å². The predicted octanol–water partition coefficient (Wildman–Crippen LogP) is 4.72. The largest absolute Gasteiger partial charge is 0.328 e. The van der Waals surface area contributed by atoms with Gasteiger partial charge in [0.05, 0.1) is 11.4 Å². The smallest absolute Gasteiger partial charge is 0.0622 e. The highest BCUT2D eigenvalue weighted by Gasteiger charge is 2.26. The zero-order chi connectivity index (χ0) is 20.1. The molecule has 0 radical (unpaired) electrons.